The van der Waals surface area contributed by atoms with Crippen LogP contribution in [-0.2, 0) is 11.3 Å². The topological polar surface area (TPSA) is 46.9 Å². The van der Waals surface area contributed by atoms with E-state index in [-0.39, 0.29) is 18.5 Å². The molecule has 0 atom stereocenters. The van der Waals surface area contributed by atoms with Gasteiger partial charge in [-0.15, -0.1) is 0 Å². The number of carbonyl (C=O) groups is 1. The second-order valence-electron chi connectivity index (χ2n) is 6.91. The Balaban J connectivity index is 1.30. The zero-order valence-corrected chi connectivity index (χ0v) is 14.3. The van der Waals surface area contributed by atoms with E-state index in [4.69, 9.17) is 0 Å². The number of aromatic nitrogens is 2. The molecular formula is C21H23N3O. The lowest BCUT2D eigenvalue weighted by Gasteiger charge is -2.29. The van der Waals surface area contributed by atoms with Gasteiger partial charge in [0.25, 0.3) is 0 Å². The predicted molar refractivity (Wildman–Crippen MR) is 99.3 cm³/mol. The molecule has 128 valence electrons. The molecule has 1 aliphatic rings. The summed E-state index contributed by atoms with van der Waals surface area (Å²) in [5.41, 5.74) is 2.36. The van der Waals surface area contributed by atoms with Crippen molar-refractivity contribution in [3.63, 3.8) is 0 Å². The highest BCUT2D eigenvalue weighted by Gasteiger charge is 2.23. The fourth-order valence-electron chi connectivity index (χ4n) is 3.81. The summed E-state index contributed by atoms with van der Waals surface area (Å²) >= 11 is 0. The Hall–Kier alpha value is -2.62. The predicted octanol–water partition coefficient (Wildman–Crippen LogP) is 3.88. The van der Waals surface area contributed by atoms with Crippen molar-refractivity contribution in [3.05, 3.63) is 66.4 Å². The summed E-state index contributed by atoms with van der Waals surface area (Å²) in [6.07, 6.45) is 6.31. The lowest BCUT2D eigenvalue weighted by Crippen LogP contribution is -2.39. The normalized spacial score (nSPS) is 20.5. The lowest BCUT2D eigenvalue weighted by molar-refractivity contribution is -0.122. The van der Waals surface area contributed by atoms with E-state index in [1.54, 1.807) is 4.68 Å². The fourth-order valence-corrected chi connectivity index (χ4v) is 3.81. The maximum Gasteiger partial charge on any atom is 0.241 e. The molecule has 1 saturated carbocycles. The largest absolute Gasteiger partial charge is 0.352 e. The van der Waals surface area contributed by atoms with E-state index in [0.29, 0.717) is 5.92 Å². The van der Waals surface area contributed by atoms with Gasteiger partial charge in [0.05, 0.1) is 5.52 Å². The minimum absolute atomic E-state index is 0.0518. The number of hydrogen-bond donors (Lipinski definition) is 1. The summed E-state index contributed by atoms with van der Waals surface area (Å²) in [7, 11) is 0. The smallest absolute Gasteiger partial charge is 0.241 e. The molecule has 1 heterocycles. The van der Waals surface area contributed by atoms with E-state index in [0.717, 1.165) is 36.6 Å². The molecule has 0 unspecified atom stereocenters. The fraction of sp³-hybridized carbons (Fsp3) is 0.333. The molecule has 4 heteroatoms. The van der Waals surface area contributed by atoms with Gasteiger partial charge in [-0.05, 0) is 43.2 Å². The number of fused-ring (bicyclic) bond motifs is 1. The zero-order chi connectivity index (χ0) is 17.1. The quantitative estimate of drug-likeness (QED) is 0.787. The molecule has 1 amide bonds. The van der Waals surface area contributed by atoms with Crippen molar-refractivity contribution < 1.29 is 4.79 Å². The molecule has 1 fully saturated rings. The molecule has 4 rings (SSSR count). The molecule has 0 spiro atoms. The van der Waals surface area contributed by atoms with Crippen LogP contribution in [0.3, 0.4) is 0 Å². The van der Waals surface area contributed by atoms with E-state index in [2.05, 4.69) is 40.7 Å². The maximum absolute atomic E-state index is 12.3. The zero-order valence-electron chi connectivity index (χ0n) is 14.3. The second-order valence-corrected chi connectivity index (χ2v) is 6.91. The van der Waals surface area contributed by atoms with E-state index in [9.17, 15) is 4.79 Å². The third-order valence-electron chi connectivity index (χ3n) is 5.13. The molecule has 0 radical (unpaired) electrons. The molecule has 4 nitrogen and oxygen atoms in total. The van der Waals surface area contributed by atoms with E-state index in [1.165, 1.54) is 5.56 Å². The third-order valence-corrected chi connectivity index (χ3v) is 5.13. The van der Waals surface area contributed by atoms with E-state index < -0.39 is 0 Å². The molecule has 0 saturated heterocycles. The van der Waals surface area contributed by atoms with Crippen LogP contribution in [0.15, 0.2) is 60.8 Å². The van der Waals surface area contributed by atoms with Crippen LogP contribution in [0.5, 0.6) is 0 Å². The van der Waals surface area contributed by atoms with Gasteiger partial charge in [-0.25, -0.2) is 0 Å². The van der Waals surface area contributed by atoms with Crippen molar-refractivity contribution >= 4 is 16.8 Å². The first-order chi connectivity index (χ1) is 12.3. The summed E-state index contributed by atoms with van der Waals surface area (Å²) in [6.45, 7) is 0.285. The molecule has 1 N–H and O–H groups in total. The summed E-state index contributed by atoms with van der Waals surface area (Å²) in [5.74, 6) is 0.682. The number of nitrogens with one attached hydrogen (secondary N) is 1. The standard InChI is InChI=1S/C21H23N3O/c25-21(15-24-14-18-8-4-5-9-20(18)23-24)22-19-12-10-17(11-13-19)16-6-2-1-3-7-16/h1-9,14,17,19H,10-13,15H2,(H,22,25). The first-order valence-electron chi connectivity index (χ1n) is 9.04. The molecular weight excluding hydrogens is 310 g/mol. The first kappa shape index (κ1) is 15.9. The molecule has 2 aromatic carbocycles. The van der Waals surface area contributed by atoms with Gasteiger partial charge in [0, 0.05) is 17.6 Å². The Morgan fingerprint density at radius 2 is 1.72 bits per heavy atom. The van der Waals surface area contributed by atoms with Crippen molar-refractivity contribution in [3.8, 4) is 0 Å². The molecule has 1 aromatic heterocycles. The van der Waals surface area contributed by atoms with Crippen LogP contribution in [0.4, 0.5) is 0 Å². The van der Waals surface area contributed by atoms with E-state index >= 15 is 0 Å². The van der Waals surface area contributed by atoms with Crippen LogP contribution in [-0.4, -0.2) is 21.7 Å². The molecule has 0 bridgehead atoms. The lowest BCUT2D eigenvalue weighted by atomic mass is 9.82. The maximum atomic E-state index is 12.3. The van der Waals surface area contributed by atoms with Gasteiger partial charge < -0.3 is 5.32 Å². The van der Waals surface area contributed by atoms with Crippen molar-refractivity contribution in [2.45, 2.75) is 44.2 Å². The van der Waals surface area contributed by atoms with Gasteiger partial charge >= 0.3 is 0 Å². The summed E-state index contributed by atoms with van der Waals surface area (Å²) in [5, 5.41) is 8.71. The van der Waals surface area contributed by atoms with Gasteiger partial charge in [0.1, 0.15) is 6.54 Å². The molecule has 1 aliphatic carbocycles. The Labute approximate surface area is 147 Å². The average Bonchev–Trinajstić information content (AvgIpc) is 3.05. The third kappa shape index (κ3) is 3.73. The number of amides is 1. The van der Waals surface area contributed by atoms with Crippen molar-refractivity contribution in [2.24, 2.45) is 0 Å². The minimum Gasteiger partial charge on any atom is -0.352 e. The molecule has 3 aromatic rings. The summed E-state index contributed by atoms with van der Waals surface area (Å²) < 4.78 is 1.73. The minimum atomic E-state index is 0.0518. The Bertz CT molecular complexity index is 815. The second kappa shape index (κ2) is 7.09. The Kier molecular flexibility index (Phi) is 4.51. The van der Waals surface area contributed by atoms with Crippen LogP contribution in [0.2, 0.25) is 0 Å². The van der Waals surface area contributed by atoms with Crippen molar-refractivity contribution in [2.75, 3.05) is 0 Å². The molecule has 0 aliphatic heterocycles. The number of nitrogens with zero attached hydrogens (tertiary/aromatic N) is 2. The van der Waals surface area contributed by atoms with Gasteiger partial charge in [0.15, 0.2) is 0 Å². The summed E-state index contributed by atoms with van der Waals surface area (Å²) in [4.78, 5) is 12.3. The van der Waals surface area contributed by atoms with Gasteiger partial charge in [-0.1, -0.05) is 48.5 Å². The molecule has 25 heavy (non-hydrogen) atoms. The SMILES string of the molecule is O=C(Cn1cc2ccccc2n1)NC1CCC(c2ccccc2)CC1. The van der Waals surface area contributed by atoms with Gasteiger partial charge in [-0.3, -0.25) is 9.48 Å². The number of carbonyl (C=O) groups excluding carboxylic acids is 1. The van der Waals surface area contributed by atoms with Crippen LogP contribution >= 0.6 is 0 Å². The first-order valence-corrected chi connectivity index (χ1v) is 9.04. The number of rotatable bonds is 4. The van der Waals surface area contributed by atoms with Crippen molar-refractivity contribution in [1.82, 2.24) is 15.1 Å². The van der Waals surface area contributed by atoms with Crippen LogP contribution in [0, 0.1) is 0 Å². The number of hydrogen-bond acceptors (Lipinski definition) is 2. The summed E-state index contributed by atoms with van der Waals surface area (Å²) in [6, 6.07) is 18.9. The van der Waals surface area contributed by atoms with Crippen molar-refractivity contribution in [1.29, 1.82) is 0 Å². The van der Waals surface area contributed by atoms with E-state index in [1.807, 2.05) is 30.5 Å². The monoisotopic (exact) mass is 333 g/mol. The number of benzene rings is 2. The van der Waals surface area contributed by atoms with Crippen LogP contribution < -0.4 is 5.32 Å². The highest BCUT2D eigenvalue weighted by molar-refractivity contribution is 5.79. The van der Waals surface area contributed by atoms with Gasteiger partial charge in [-0.2, -0.15) is 5.10 Å². The Morgan fingerprint density at radius 1 is 1.00 bits per heavy atom. The average molecular weight is 333 g/mol. The Morgan fingerprint density at radius 3 is 2.48 bits per heavy atom. The highest BCUT2D eigenvalue weighted by Crippen LogP contribution is 2.32. The van der Waals surface area contributed by atoms with Crippen LogP contribution in [0.1, 0.15) is 37.2 Å². The van der Waals surface area contributed by atoms with Crippen LogP contribution in [0.25, 0.3) is 10.9 Å². The van der Waals surface area contributed by atoms with Gasteiger partial charge in [0.2, 0.25) is 5.91 Å². The highest BCUT2D eigenvalue weighted by atomic mass is 16.2.